The lowest BCUT2D eigenvalue weighted by atomic mass is 9.98. The second-order valence-corrected chi connectivity index (χ2v) is 5.33. The van der Waals surface area contributed by atoms with Crippen molar-refractivity contribution in [1.82, 2.24) is 5.32 Å². The van der Waals surface area contributed by atoms with Crippen LogP contribution >= 0.6 is 0 Å². The highest BCUT2D eigenvalue weighted by Gasteiger charge is 2.27. The Labute approximate surface area is 113 Å². The molecule has 1 atom stereocenters. The number of nitrogens with one attached hydrogen (secondary N) is 1. The van der Waals surface area contributed by atoms with Gasteiger partial charge >= 0.3 is 0 Å². The van der Waals surface area contributed by atoms with E-state index in [9.17, 15) is 5.11 Å². The maximum atomic E-state index is 9.27. The van der Waals surface area contributed by atoms with Gasteiger partial charge in [-0.05, 0) is 50.0 Å². The van der Waals surface area contributed by atoms with Gasteiger partial charge in [0, 0.05) is 5.92 Å². The fourth-order valence-electron chi connectivity index (χ4n) is 2.74. The SMILES string of the molecule is Oc1ccc(CC2COC(C3CCNCC3)=N2)cc1. The molecule has 102 valence electrons. The fraction of sp³-hybridized carbons (Fsp3) is 0.533. The lowest BCUT2D eigenvalue weighted by Gasteiger charge is -2.21. The fourth-order valence-corrected chi connectivity index (χ4v) is 2.74. The second kappa shape index (κ2) is 5.61. The predicted molar refractivity (Wildman–Crippen MR) is 74.6 cm³/mol. The quantitative estimate of drug-likeness (QED) is 0.870. The van der Waals surface area contributed by atoms with Crippen molar-refractivity contribution in [3.63, 3.8) is 0 Å². The molecule has 1 fully saturated rings. The average Bonchev–Trinajstić information content (AvgIpc) is 2.91. The first-order valence-corrected chi connectivity index (χ1v) is 7.00. The first-order valence-electron chi connectivity index (χ1n) is 7.00. The Kier molecular flexibility index (Phi) is 3.69. The molecule has 4 heteroatoms. The van der Waals surface area contributed by atoms with Gasteiger partial charge in [-0.2, -0.15) is 0 Å². The monoisotopic (exact) mass is 260 g/mol. The minimum absolute atomic E-state index is 0.231. The Balaban J connectivity index is 1.60. The highest BCUT2D eigenvalue weighted by atomic mass is 16.5. The highest BCUT2D eigenvalue weighted by molar-refractivity contribution is 5.80. The lowest BCUT2D eigenvalue weighted by Crippen LogP contribution is -2.31. The maximum Gasteiger partial charge on any atom is 0.186 e. The number of aliphatic imine (C=N–C) groups is 1. The van der Waals surface area contributed by atoms with Gasteiger partial charge in [-0.1, -0.05) is 12.1 Å². The van der Waals surface area contributed by atoms with Gasteiger partial charge in [0.2, 0.25) is 0 Å². The van der Waals surface area contributed by atoms with Gasteiger partial charge in [-0.25, -0.2) is 4.99 Å². The van der Waals surface area contributed by atoms with Crippen molar-refractivity contribution in [3.8, 4) is 5.75 Å². The van der Waals surface area contributed by atoms with Crippen molar-refractivity contribution in [1.29, 1.82) is 0 Å². The van der Waals surface area contributed by atoms with E-state index in [-0.39, 0.29) is 6.04 Å². The van der Waals surface area contributed by atoms with E-state index in [0.717, 1.165) is 38.2 Å². The lowest BCUT2D eigenvalue weighted by molar-refractivity contribution is 0.284. The maximum absolute atomic E-state index is 9.27. The molecule has 2 heterocycles. The van der Waals surface area contributed by atoms with E-state index in [1.54, 1.807) is 12.1 Å². The molecule has 0 spiro atoms. The van der Waals surface area contributed by atoms with E-state index in [4.69, 9.17) is 9.73 Å². The van der Waals surface area contributed by atoms with Crippen molar-refractivity contribution >= 4 is 5.90 Å². The van der Waals surface area contributed by atoms with E-state index >= 15 is 0 Å². The van der Waals surface area contributed by atoms with Crippen molar-refractivity contribution in [2.45, 2.75) is 25.3 Å². The van der Waals surface area contributed by atoms with Crippen LogP contribution < -0.4 is 5.32 Å². The van der Waals surface area contributed by atoms with Crippen LogP contribution in [0, 0.1) is 5.92 Å². The average molecular weight is 260 g/mol. The molecule has 2 aliphatic heterocycles. The van der Waals surface area contributed by atoms with Gasteiger partial charge in [0.05, 0.1) is 6.04 Å². The molecule has 0 bridgehead atoms. The molecule has 1 saturated heterocycles. The van der Waals surface area contributed by atoms with E-state index in [0.29, 0.717) is 18.3 Å². The Morgan fingerprint density at radius 1 is 1.21 bits per heavy atom. The normalized spacial score (nSPS) is 24.0. The molecule has 19 heavy (non-hydrogen) atoms. The summed E-state index contributed by atoms with van der Waals surface area (Å²) in [4.78, 5) is 4.73. The van der Waals surface area contributed by atoms with Gasteiger partial charge in [0.1, 0.15) is 12.4 Å². The van der Waals surface area contributed by atoms with Crippen LogP contribution in [-0.2, 0) is 11.2 Å². The zero-order valence-electron chi connectivity index (χ0n) is 11.0. The smallest absolute Gasteiger partial charge is 0.186 e. The molecule has 1 aromatic carbocycles. The van der Waals surface area contributed by atoms with Crippen molar-refractivity contribution in [2.24, 2.45) is 10.9 Å². The summed E-state index contributed by atoms with van der Waals surface area (Å²) in [6, 6.07) is 7.58. The van der Waals surface area contributed by atoms with Crippen LogP contribution in [0.5, 0.6) is 5.75 Å². The number of nitrogens with zero attached hydrogens (tertiary/aromatic N) is 1. The highest BCUT2D eigenvalue weighted by Crippen LogP contribution is 2.21. The molecule has 0 amide bonds. The topological polar surface area (TPSA) is 53.9 Å². The third-order valence-electron chi connectivity index (χ3n) is 3.83. The number of benzene rings is 1. The van der Waals surface area contributed by atoms with Crippen LogP contribution in [0.2, 0.25) is 0 Å². The third kappa shape index (κ3) is 3.07. The molecule has 0 aliphatic carbocycles. The summed E-state index contributed by atoms with van der Waals surface area (Å²) in [6.45, 7) is 2.82. The molecule has 4 nitrogen and oxygen atoms in total. The van der Waals surface area contributed by atoms with Gasteiger partial charge in [0.25, 0.3) is 0 Å². The Morgan fingerprint density at radius 3 is 2.68 bits per heavy atom. The van der Waals surface area contributed by atoms with Crippen molar-refractivity contribution < 1.29 is 9.84 Å². The molecule has 0 radical (unpaired) electrons. The van der Waals surface area contributed by atoms with Crippen LogP contribution in [0.4, 0.5) is 0 Å². The number of phenolic OH excluding ortho intramolecular Hbond substituents is 1. The summed E-state index contributed by atoms with van der Waals surface area (Å²) >= 11 is 0. The number of ether oxygens (including phenoxy) is 1. The van der Waals surface area contributed by atoms with E-state index in [1.165, 1.54) is 5.56 Å². The summed E-state index contributed by atoms with van der Waals surface area (Å²) in [5.74, 6) is 1.78. The van der Waals surface area contributed by atoms with Gasteiger partial charge < -0.3 is 15.2 Å². The molecule has 3 rings (SSSR count). The van der Waals surface area contributed by atoms with E-state index in [1.807, 2.05) is 12.1 Å². The Hall–Kier alpha value is -1.55. The molecule has 1 unspecified atom stereocenters. The molecule has 0 saturated carbocycles. The van der Waals surface area contributed by atoms with Gasteiger partial charge in [-0.15, -0.1) is 0 Å². The van der Waals surface area contributed by atoms with Crippen LogP contribution in [0.1, 0.15) is 18.4 Å². The van der Waals surface area contributed by atoms with Crippen LogP contribution in [0.15, 0.2) is 29.3 Å². The summed E-state index contributed by atoms with van der Waals surface area (Å²) in [5, 5.41) is 12.6. The Bertz CT molecular complexity index is 450. The largest absolute Gasteiger partial charge is 0.508 e. The molecule has 1 aromatic rings. The van der Waals surface area contributed by atoms with Crippen molar-refractivity contribution in [2.75, 3.05) is 19.7 Å². The zero-order chi connectivity index (χ0) is 13.1. The molecule has 0 aromatic heterocycles. The third-order valence-corrected chi connectivity index (χ3v) is 3.83. The van der Waals surface area contributed by atoms with Crippen molar-refractivity contribution in [3.05, 3.63) is 29.8 Å². The standard InChI is InChI=1S/C15H20N2O2/c18-14-3-1-11(2-4-14)9-13-10-19-15(17-13)12-5-7-16-8-6-12/h1-4,12-13,16,18H,5-10H2. The first kappa shape index (κ1) is 12.5. The molecular weight excluding hydrogens is 240 g/mol. The van der Waals surface area contributed by atoms with E-state index in [2.05, 4.69) is 5.32 Å². The molecular formula is C15H20N2O2. The minimum atomic E-state index is 0.231. The summed E-state index contributed by atoms with van der Waals surface area (Å²) in [7, 11) is 0. The van der Waals surface area contributed by atoms with Crippen LogP contribution in [0.25, 0.3) is 0 Å². The van der Waals surface area contributed by atoms with Gasteiger partial charge in [0.15, 0.2) is 5.90 Å². The number of hydrogen-bond donors (Lipinski definition) is 2. The predicted octanol–water partition coefficient (Wildman–Crippen LogP) is 1.73. The number of hydrogen-bond acceptors (Lipinski definition) is 4. The van der Waals surface area contributed by atoms with Crippen LogP contribution in [-0.4, -0.2) is 36.7 Å². The molecule has 2 N–H and O–H groups in total. The minimum Gasteiger partial charge on any atom is -0.508 e. The van der Waals surface area contributed by atoms with Crippen LogP contribution in [0.3, 0.4) is 0 Å². The number of phenols is 1. The summed E-state index contributed by atoms with van der Waals surface area (Å²) in [6.07, 6.45) is 3.14. The summed E-state index contributed by atoms with van der Waals surface area (Å²) < 4.78 is 5.77. The first-order chi connectivity index (χ1) is 9.31. The molecule has 2 aliphatic rings. The van der Waals surface area contributed by atoms with Gasteiger partial charge in [-0.3, -0.25) is 0 Å². The Morgan fingerprint density at radius 2 is 1.95 bits per heavy atom. The summed E-state index contributed by atoms with van der Waals surface area (Å²) in [5.41, 5.74) is 1.20. The van der Waals surface area contributed by atoms with E-state index < -0.39 is 0 Å². The zero-order valence-corrected chi connectivity index (χ0v) is 11.0. The number of aromatic hydroxyl groups is 1. The number of piperidine rings is 1. The second-order valence-electron chi connectivity index (χ2n) is 5.33. The number of rotatable bonds is 3.